The van der Waals surface area contributed by atoms with Gasteiger partial charge in [-0.2, -0.15) is 0 Å². The summed E-state index contributed by atoms with van der Waals surface area (Å²) in [5.41, 5.74) is 3.94. The number of anilines is 1. The van der Waals surface area contributed by atoms with Crippen LogP contribution >= 0.6 is 0 Å². The average molecular weight is 442 g/mol. The van der Waals surface area contributed by atoms with Crippen LogP contribution in [0.25, 0.3) is 10.9 Å². The van der Waals surface area contributed by atoms with E-state index < -0.39 is 10.0 Å². The predicted molar refractivity (Wildman–Crippen MR) is 128 cm³/mol. The summed E-state index contributed by atoms with van der Waals surface area (Å²) in [4.78, 5) is 8.59. The van der Waals surface area contributed by atoms with Crippen LogP contribution in [0.5, 0.6) is 0 Å². The molecule has 4 aromatic rings. The van der Waals surface area contributed by atoms with Crippen molar-refractivity contribution in [2.45, 2.75) is 31.6 Å². The van der Waals surface area contributed by atoms with E-state index in [0.29, 0.717) is 22.3 Å². The summed E-state index contributed by atoms with van der Waals surface area (Å²) in [5, 5.41) is 0.769. The molecule has 6 heteroatoms. The molecule has 2 heterocycles. The van der Waals surface area contributed by atoms with E-state index in [9.17, 15) is 8.42 Å². The molecule has 0 aliphatic carbocycles. The topological polar surface area (TPSA) is 72.0 Å². The maximum absolute atomic E-state index is 13.5. The number of benzene rings is 2. The molecule has 0 unspecified atom stereocenters. The normalized spacial score (nSPS) is 11.2. The van der Waals surface area contributed by atoms with Crippen molar-refractivity contribution in [3.8, 4) is 11.8 Å². The van der Waals surface area contributed by atoms with Crippen molar-refractivity contribution >= 4 is 26.6 Å². The van der Waals surface area contributed by atoms with E-state index in [-0.39, 0.29) is 10.8 Å². The van der Waals surface area contributed by atoms with E-state index in [1.165, 1.54) is 0 Å². The lowest BCUT2D eigenvalue weighted by molar-refractivity contribution is 0.601. The first-order valence-corrected chi connectivity index (χ1v) is 11.8. The lowest BCUT2D eigenvalue weighted by Crippen LogP contribution is -2.16. The Balaban J connectivity index is 1.81. The minimum Gasteiger partial charge on any atom is -0.278 e. The molecule has 0 spiro atoms. The number of sulfonamides is 1. The van der Waals surface area contributed by atoms with Gasteiger partial charge in [-0.05, 0) is 54.3 Å². The molecule has 0 aliphatic heterocycles. The Morgan fingerprint density at radius 2 is 1.78 bits per heavy atom. The number of nitrogens with zero attached hydrogens (tertiary/aromatic N) is 2. The van der Waals surface area contributed by atoms with Crippen LogP contribution in [0.15, 0.2) is 78.1 Å². The lowest BCUT2D eigenvalue weighted by Gasteiger charge is -2.15. The van der Waals surface area contributed by atoms with Gasteiger partial charge in [-0.3, -0.25) is 14.7 Å². The van der Waals surface area contributed by atoms with Crippen LogP contribution in [0.3, 0.4) is 0 Å². The molecule has 1 N–H and O–H groups in total. The Morgan fingerprint density at radius 3 is 2.53 bits per heavy atom. The number of fused-ring (bicyclic) bond motifs is 1. The highest BCUT2D eigenvalue weighted by Gasteiger charge is 2.22. The van der Waals surface area contributed by atoms with Crippen LogP contribution in [0, 0.1) is 18.8 Å². The van der Waals surface area contributed by atoms with E-state index in [0.717, 1.165) is 16.5 Å². The van der Waals surface area contributed by atoms with Crippen molar-refractivity contribution in [2.24, 2.45) is 0 Å². The van der Waals surface area contributed by atoms with Crippen molar-refractivity contribution in [2.75, 3.05) is 4.72 Å². The third-order valence-corrected chi connectivity index (χ3v) is 6.69. The van der Waals surface area contributed by atoms with Crippen LogP contribution in [-0.2, 0) is 10.0 Å². The van der Waals surface area contributed by atoms with E-state index in [2.05, 4.69) is 40.4 Å². The molecule has 0 radical (unpaired) electrons. The third kappa shape index (κ3) is 4.48. The lowest BCUT2D eigenvalue weighted by atomic mass is 10.00. The van der Waals surface area contributed by atoms with Gasteiger partial charge in [0.15, 0.2) is 0 Å². The van der Waals surface area contributed by atoms with Crippen LogP contribution in [0.2, 0.25) is 0 Å². The zero-order valence-electron chi connectivity index (χ0n) is 18.1. The van der Waals surface area contributed by atoms with Crippen LogP contribution in [0.1, 0.15) is 42.0 Å². The predicted octanol–water partition coefficient (Wildman–Crippen LogP) is 5.26. The minimum atomic E-state index is -3.90. The van der Waals surface area contributed by atoms with Crippen molar-refractivity contribution in [1.29, 1.82) is 0 Å². The van der Waals surface area contributed by atoms with Gasteiger partial charge < -0.3 is 0 Å². The number of nitrogens with one attached hydrogen (secondary N) is 1. The quantitative estimate of drug-likeness (QED) is 0.438. The summed E-state index contributed by atoms with van der Waals surface area (Å²) in [6, 6.07) is 16.6. The number of hydrogen-bond acceptors (Lipinski definition) is 4. The molecular weight excluding hydrogens is 418 g/mol. The van der Waals surface area contributed by atoms with Gasteiger partial charge in [0.05, 0.1) is 11.2 Å². The number of rotatable bonds is 4. The second kappa shape index (κ2) is 8.81. The van der Waals surface area contributed by atoms with E-state index in [4.69, 9.17) is 0 Å². The van der Waals surface area contributed by atoms with Crippen LogP contribution < -0.4 is 4.72 Å². The SMILES string of the molecule is Cc1ccc2cccnc2c1S(=O)(=O)Nc1ccc(C(C)C)cc1C#Cc1cccnc1. The molecule has 0 saturated heterocycles. The Bertz CT molecular complexity index is 1450. The summed E-state index contributed by atoms with van der Waals surface area (Å²) in [5.74, 6) is 6.47. The second-order valence-electron chi connectivity index (χ2n) is 7.84. The fraction of sp³-hybridized carbons (Fsp3) is 0.154. The van der Waals surface area contributed by atoms with Crippen molar-refractivity contribution in [3.63, 3.8) is 0 Å². The van der Waals surface area contributed by atoms with Gasteiger partial charge >= 0.3 is 0 Å². The number of aromatic nitrogens is 2. The second-order valence-corrected chi connectivity index (χ2v) is 9.46. The molecule has 0 fully saturated rings. The molecular formula is C26H23N3O2S. The fourth-order valence-electron chi connectivity index (χ4n) is 3.44. The number of pyridine rings is 2. The molecule has 0 atom stereocenters. The van der Waals surface area contributed by atoms with Gasteiger partial charge in [0.2, 0.25) is 0 Å². The zero-order valence-corrected chi connectivity index (χ0v) is 18.9. The molecule has 0 bridgehead atoms. The average Bonchev–Trinajstić information content (AvgIpc) is 2.78. The fourth-order valence-corrected chi connectivity index (χ4v) is 4.93. The highest BCUT2D eigenvalue weighted by atomic mass is 32.2. The summed E-state index contributed by atoms with van der Waals surface area (Å²) >= 11 is 0. The summed E-state index contributed by atoms with van der Waals surface area (Å²) in [6.45, 7) is 5.94. The highest BCUT2D eigenvalue weighted by Crippen LogP contribution is 2.29. The first kappa shape index (κ1) is 21.5. The summed E-state index contributed by atoms with van der Waals surface area (Å²) < 4.78 is 29.7. The maximum atomic E-state index is 13.5. The molecule has 32 heavy (non-hydrogen) atoms. The first-order chi connectivity index (χ1) is 15.3. The van der Waals surface area contributed by atoms with E-state index in [1.807, 2.05) is 36.4 Å². The largest absolute Gasteiger partial charge is 0.278 e. The van der Waals surface area contributed by atoms with Crippen molar-refractivity contribution in [1.82, 2.24) is 9.97 Å². The van der Waals surface area contributed by atoms with Gasteiger partial charge in [0.1, 0.15) is 4.90 Å². The molecule has 160 valence electrons. The number of aryl methyl sites for hydroxylation is 1. The third-order valence-electron chi connectivity index (χ3n) is 5.15. The van der Waals surface area contributed by atoms with Gasteiger partial charge in [0, 0.05) is 35.1 Å². The Kier molecular flexibility index (Phi) is 5.93. The van der Waals surface area contributed by atoms with E-state index in [1.54, 1.807) is 43.7 Å². The zero-order chi connectivity index (χ0) is 22.7. The van der Waals surface area contributed by atoms with E-state index >= 15 is 0 Å². The standard InChI is InChI=1S/C26H23N3O2S/c1-18(2)22-12-13-24(23(16-22)11-9-20-6-4-14-27-17-20)29-32(30,31)26-19(3)8-10-21-7-5-15-28-25(21)26/h4-8,10,12-18,29H,1-3H3. The van der Waals surface area contributed by atoms with Gasteiger partial charge in [-0.15, -0.1) is 0 Å². The van der Waals surface area contributed by atoms with Gasteiger partial charge in [-0.1, -0.05) is 50.0 Å². The summed E-state index contributed by atoms with van der Waals surface area (Å²) in [7, 11) is -3.90. The minimum absolute atomic E-state index is 0.176. The first-order valence-electron chi connectivity index (χ1n) is 10.3. The van der Waals surface area contributed by atoms with Gasteiger partial charge in [0.25, 0.3) is 10.0 Å². The molecule has 2 aromatic carbocycles. The number of hydrogen-bond donors (Lipinski definition) is 1. The summed E-state index contributed by atoms with van der Waals surface area (Å²) in [6.07, 6.45) is 4.96. The Hall–Kier alpha value is -3.69. The molecule has 4 rings (SSSR count). The molecule has 0 aliphatic rings. The molecule has 0 saturated carbocycles. The van der Waals surface area contributed by atoms with Gasteiger partial charge in [-0.25, -0.2) is 8.42 Å². The molecule has 2 aromatic heterocycles. The molecule has 5 nitrogen and oxygen atoms in total. The monoisotopic (exact) mass is 441 g/mol. The molecule has 0 amide bonds. The maximum Gasteiger partial charge on any atom is 0.264 e. The smallest absolute Gasteiger partial charge is 0.264 e. The van der Waals surface area contributed by atoms with Crippen LogP contribution in [-0.4, -0.2) is 18.4 Å². The Labute approximate surface area is 188 Å². The Morgan fingerprint density at radius 1 is 0.969 bits per heavy atom. The van der Waals surface area contributed by atoms with Crippen LogP contribution in [0.4, 0.5) is 5.69 Å². The highest BCUT2D eigenvalue weighted by molar-refractivity contribution is 7.93. The van der Waals surface area contributed by atoms with Crippen molar-refractivity contribution in [3.05, 3.63) is 95.4 Å². The van der Waals surface area contributed by atoms with Crippen molar-refractivity contribution < 1.29 is 8.42 Å².